The summed E-state index contributed by atoms with van der Waals surface area (Å²) in [6.07, 6.45) is 0.583. The first kappa shape index (κ1) is 9.52. The minimum Gasteiger partial charge on any atom is -0.547 e. The van der Waals surface area contributed by atoms with Crippen LogP contribution in [0.4, 0.5) is 0 Å². The fourth-order valence-corrected chi connectivity index (χ4v) is 0.879. The summed E-state index contributed by atoms with van der Waals surface area (Å²) in [4.78, 5) is 9.90. The summed E-state index contributed by atoms with van der Waals surface area (Å²) in [5.41, 5.74) is 0. The Balaban J connectivity index is 0.000000640. The predicted octanol–water partition coefficient (Wildman–Crippen LogP) is -3.70. The standard InChI is InChI=1S/C4H4O3S.Na/c5-4(6)3-1-2-8-7-3;/h1-3H,(H,5,6);/q;+1/p-1. The predicted molar refractivity (Wildman–Crippen MR) is 26.6 cm³/mol. The molecule has 0 fully saturated rings. The molecule has 3 nitrogen and oxygen atoms in total. The zero-order valence-electron chi connectivity index (χ0n) is 4.87. The van der Waals surface area contributed by atoms with E-state index in [9.17, 15) is 9.90 Å². The fourth-order valence-electron chi connectivity index (χ4n) is 0.345. The summed E-state index contributed by atoms with van der Waals surface area (Å²) in [5, 5.41) is 11.5. The molecule has 0 bridgehead atoms. The van der Waals surface area contributed by atoms with E-state index in [2.05, 4.69) is 4.18 Å². The van der Waals surface area contributed by atoms with Crippen LogP contribution in [-0.4, -0.2) is 12.1 Å². The summed E-state index contributed by atoms with van der Waals surface area (Å²) in [7, 11) is 0. The average molecular weight is 154 g/mol. The number of aliphatic carboxylic acids is 1. The van der Waals surface area contributed by atoms with Gasteiger partial charge in [-0.15, -0.1) is 0 Å². The molecule has 1 unspecified atom stereocenters. The molecule has 0 N–H and O–H groups in total. The van der Waals surface area contributed by atoms with E-state index in [1.165, 1.54) is 6.08 Å². The van der Waals surface area contributed by atoms with Gasteiger partial charge in [-0.25, -0.2) is 0 Å². The van der Waals surface area contributed by atoms with Gasteiger partial charge in [-0.1, -0.05) is 0 Å². The van der Waals surface area contributed by atoms with E-state index in [1.54, 1.807) is 5.41 Å². The molecular formula is C4H3NaO3S. The van der Waals surface area contributed by atoms with E-state index in [0.717, 1.165) is 12.0 Å². The van der Waals surface area contributed by atoms with E-state index in [-0.39, 0.29) is 29.6 Å². The molecule has 0 spiro atoms. The van der Waals surface area contributed by atoms with Crippen molar-refractivity contribution in [1.29, 1.82) is 0 Å². The molecule has 0 radical (unpaired) electrons. The first-order valence-electron chi connectivity index (χ1n) is 2.00. The molecule has 1 heterocycles. The number of hydrogen-bond donors (Lipinski definition) is 0. The monoisotopic (exact) mass is 154 g/mol. The molecule has 0 aliphatic carbocycles. The molecule has 1 aliphatic rings. The molecule has 0 amide bonds. The van der Waals surface area contributed by atoms with Gasteiger partial charge < -0.3 is 9.90 Å². The second-order valence-corrected chi connectivity index (χ2v) is 1.92. The molecule has 0 aromatic carbocycles. The van der Waals surface area contributed by atoms with E-state index in [1.807, 2.05) is 0 Å². The van der Waals surface area contributed by atoms with Gasteiger partial charge in [-0.05, 0) is 11.5 Å². The van der Waals surface area contributed by atoms with Gasteiger partial charge >= 0.3 is 29.6 Å². The molecule has 1 atom stereocenters. The van der Waals surface area contributed by atoms with Gasteiger partial charge in [-0.3, -0.25) is 4.18 Å². The van der Waals surface area contributed by atoms with Crippen LogP contribution in [0, 0.1) is 0 Å². The molecular weight excluding hydrogens is 151 g/mol. The van der Waals surface area contributed by atoms with Crippen LogP contribution in [0.1, 0.15) is 0 Å². The largest absolute Gasteiger partial charge is 1.00 e. The third-order valence-electron chi connectivity index (χ3n) is 0.700. The van der Waals surface area contributed by atoms with Crippen molar-refractivity contribution >= 4 is 18.0 Å². The third-order valence-corrected chi connectivity index (χ3v) is 1.29. The maximum absolute atomic E-state index is 9.90. The summed E-state index contributed by atoms with van der Waals surface area (Å²) >= 11 is 1.01. The summed E-state index contributed by atoms with van der Waals surface area (Å²) in [5.74, 6) is -1.19. The van der Waals surface area contributed by atoms with Gasteiger partial charge in [0.25, 0.3) is 0 Å². The van der Waals surface area contributed by atoms with Crippen LogP contribution in [0.2, 0.25) is 0 Å². The Labute approximate surface area is 79.0 Å². The maximum Gasteiger partial charge on any atom is 1.00 e. The Morgan fingerprint density at radius 1 is 1.78 bits per heavy atom. The molecule has 1 aliphatic heterocycles. The normalized spacial score (nSPS) is 23.3. The quantitative estimate of drug-likeness (QED) is 0.288. The first-order valence-corrected chi connectivity index (χ1v) is 2.81. The van der Waals surface area contributed by atoms with Crippen molar-refractivity contribution in [2.45, 2.75) is 6.10 Å². The van der Waals surface area contributed by atoms with Gasteiger partial charge in [0.1, 0.15) is 6.10 Å². The topological polar surface area (TPSA) is 49.4 Å². The van der Waals surface area contributed by atoms with Crippen LogP contribution in [0.5, 0.6) is 0 Å². The maximum atomic E-state index is 9.90. The minimum atomic E-state index is -1.19. The van der Waals surface area contributed by atoms with Crippen LogP contribution >= 0.6 is 12.0 Å². The summed E-state index contributed by atoms with van der Waals surface area (Å²) < 4.78 is 4.56. The summed E-state index contributed by atoms with van der Waals surface area (Å²) in [6, 6.07) is 0. The van der Waals surface area contributed by atoms with Gasteiger partial charge in [0.2, 0.25) is 0 Å². The number of carboxylic acids is 1. The van der Waals surface area contributed by atoms with Gasteiger partial charge in [0.15, 0.2) is 0 Å². The van der Waals surface area contributed by atoms with Gasteiger partial charge in [0.05, 0.1) is 5.97 Å². The molecule has 0 saturated carbocycles. The van der Waals surface area contributed by atoms with Crippen molar-refractivity contribution in [3.63, 3.8) is 0 Å². The summed E-state index contributed by atoms with van der Waals surface area (Å²) in [6.45, 7) is 0. The molecule has 0 aromatic rings. The number of hydrogen-bond acceptors (Lipinski definition) is 4. The number of carbonyl (C=O) groups excluding carboxylic acids is 1. The zero-order valence-corrected chi connectivity index (χ0v) is 7.68. The average Bonchev–Trinajstić information content (AvgIpc) is 2.12. The molecule has 9 heavy (non-hydrogen) atoms. The van der Waals surface area contributed by atoms with E-state index in [0.29, 0.717) is 0 Å². The van der Waals surface area contributed by atoms with Crippen LogP contribution < -0.4 is 34.7 Å². The third kappa shape index (κ3) is 2.73. The smallest absolute Gasteiger partial charge is 0.547 e. The van der Waals surface area contributed by atoms with Crippen molar-refractivity contribution in [2.24, 2.45) is 0 Å². The van der Waals surface area contributed by atoms with Crippen LogP contribution in [0.15, 0.2) is 11.5 Å². The van der Waals surface area contributed by atoms with Gasteiger partial charge in [0, 0.05) is 12.0 Å². The molecule has 5 heteroatoms. The number of rotatable bonds is 1. The molecule has 0 saturated heterocycles. The zero-order chi connectivity index (χ0) is 5.98. The fraction of sp³-hybridized carbons (Fsp3) is 0.250. The Bertz CT molecular complexity index is 136. The van der Waals surface area contributed by atoms with E-state index < -0.39 is 12.1 Å². The van der Waals surface area contributed by atoms with Crippen LogP contribution in [-0.2, 0) is 8.98 Å². The van der Waals surface area contributed by atoms with Crippen molar-refractivity contribution in [3.8, 4) is 0 Å². The van der Waals surface area contributed by atoms with E-state index in [4.69, 9.17) is 0 Å². The van der Waals surface area contributed by atoms with Crippen molar-refractivity contribution in [1.82, 2.24) is 0 Å². The Morgan fingerprint density at radius 3 is 2.67 bits per heavy atom. The van der Waals surface area contributed by atoms with Crippen LogP contribution in [0.3, 0.4) is 0 Å². The second kappa shape index (κ2) is 4.35. The molecule has 1 rings (SSSR count). The SMILES string of the molecule is O=C([O-])C1C=CSO1.[Na+]. The first-order chi connectivity index (χ1) is 3.80. The molecule has 44 valence electrons. The Morgan fingerprint density at radius 2 is 2.44 bits per heavy atom. The minimum absolute atomic E-state index is 0. The molecule has 0 aromatic heterocycles. The van der Waals surface area contributed by atoms with Gasteiger partial charge in [-0.2, -0.15) is 0 Å². The van der Waals surface area contributed by atoms with E-state index >= 15 is 0 Å². The van der Waals surface area contributed by atoms with Crippen LogP contribution in [0.25, 0.3) is 0 Å². The van der Waals surface area contributed by atoms with Crippen molar-refractivity contribution in [2.75, 3.05) is 0 Å². The number of carboxylic acid groups (broad SMARTS) is 1. The van der Waals surface area contributed by atoms with Crippen molar-refractivity contribution in [3.05, 3.63) is 11.5 Å². The van der Waals surface area contributed by atoms with Crippen molar-refractivity contribution < 1.29 is 43.6 Å². The second-order valence-electron chi connectivity index (χ2n) is 1.26. The number of carbonyl (C=O) groups is 1. The Kier molecular flexibility index (Phi) is 4.61. The Hall–Kier alpha value is 0.520.